The Morgan fingerprint density at radius 1 is 1.18 bits per heavy atom. The molecule has 1 rings (SSSR count). The zero-order valence-corrected chi connectivity index (χ0v) is 6.83. The number of hydrogen-bond donors (Lipinski definition) is 0. The van der Waals surface area contributed by atoms with Gasteiger partial charge in [-0.05, 0) is 19.4 Å². The molecule has 1 heteroatoms. The summed E-state index contributed by atoms with van der Waals surface area (Å²) in [6, 6.07) is 0. The van der Waals surface area contributed by atoms with Gasteiger partial charge in [0.1, 0.15) is 0 Å². The standard InChI is InChI=1S/C10H13N/c1-10-8-6-4-2-3-5-7-9-11-10/h2-3,5-8H,4,9H2,1H3/b3-2-,7-5-,8-6-,11-10?. The topological polar surface area (TPSA) is 12.4 Å². The lowest BCUT2D eigenvalue weighted by molar-refractivity contribution is 1.23. The summed E-state index contributed by atoms with van der Waals surface area (Å²) < 4.78 is 0. The fourth-order valence-electron chi connectivity index (χ4n) is 0.863. The molecule has 0 N–H and O–H groups in total. The Balaban J connectivity index is 2.62. The first kappa shape index (κ1) is 7.99. The average Bonchev–Trinajstić information content (AvgIpc) is 2.03. The predicted octanol–water partition coefficient (Wildman–Crippen LogP) is 2.52. The number of aliphatic imine (C=N–C) groups is 1. The van der Waals surface area contributed by atoms with Crippen LogP contribution in [0.15, 0.2) is 41.4 Å². The lowest BCUT2D eigenvalue weighted by Gasteiger charge is -1.91. The molecule has 0 aromatic rings. The van der Waals surface area contributed by atoms with E-state index in [0.717, 1.165) is 18.7 Å². The van der Waals surface area contributed by atoms with Gasteiger partial charge in [0.05, 0.1) is 6.54 Å². The van der Waals surface area contributed by atoms with Crippen molar-refractivity contribution in [3.63, 3.8) is 0 Å². The second-order valence-electron chi connectivity index (χ2n) is 2.48. The molecule has 0 saturated heterocycles. The quantitative estimate of drug-likeness (QED) is 0.499. The molecule has 0 fully saturated rings. The summed E-state index contributed by atoms with van der Waals surface area (Å²) in [4.78, 5) is 4.29. The molecule has 0 saturated carbocycles. The van der Waals surface area contributed by atoms with Crippen LogP contribution in [-0.2, 0) is 0 Å². The van der Waals surface area contributed by atoms with Crippen molar-refractivity contribution in [2.24, 2.45) is 4.99 Å². The maximum atomic E-state index is 4.29. The van der Waals surface area contributed by atoms with Crippen LogP contribution < -0.4 is 0 Å². The number of hydrogen-bond acceptors (Lipinski definition) is 1. The first-order chi connectivity index (χ1) is 5.39. The molecule has 0 aliphatic carbocycles. The van der Waals surface area contributed by atoms with Crippen LogP contribution >= 0.6 is 0 Å². The Bertz CT molecular complexity index is 219. The average molecular weight is 147 g/mol. The van der Waals surface area contributed by atoms with E-state index in [1.54, 1.807) is 0 Å². The van der Waals surface area contributed by atoms with E-state index >= 15 is 0 Å². The van der Waals surface area contributed by atoms with Gasteiger partial charge in [-0.2, -0.15) is 0 Å². The van der Waals surface area contributed by atoms with Gasteiger partial charge >= 0.3 is 0 Å². The molecule has 1 aliphatic heterocycles. The first-order valence-corrected chi connectivity index (χ1v) is 3.89. The zero-order chi connectivity index (χ0) is 7.94. The van der Waals surface area contributed by atoms with Gasteiger partial charge in [-0.3, -0.25) is 4.99 Å². The summed E-state index contributed by atoms with van der Waals surface area (Å²) in [5, 5.41) is 0. The van der Waals surface area contributed by atoms with Crippen molar-refractivity contribution < 1.29 is 0 Å². The van der Waals surface area contributed by atoms with Crippen LogP contribution in [0.5, 0.6) is 0 Å². The van der Waals surface area contributed by atoms with Crippen LogP contribution in [0.25, 0.3) is 0 Å². The first-order valence-electron chi connectivity index (χ1n) is 3.89. The van der Waals surface area contributed by atoms with Gasteiger partial charge in [-0.1, -0.05) is 30.4 Å². The van der Waals surface area contributed by atoms with E-state index in [-0.39, 0.29) is 0 Å². The summed E-state index contributed by atoms with van der Waals surface area (Å²) in [6.07, 6.45) is 13.5. The normalized spacial score (nSPS) is 26.8. The third-order valence-electron chi connectivity index (χ3n) is 1.46. The molecule has 0 bridgehead atoms. The maximum absolute atomic E-state index is 4.29. The highest BCUT2D eigenvalue weighted by Crippen LogP contribution is 1.92. The van der Waals surface area contributed by atoms with Crippen molar-refractivity contribution in [2.75, 3.05) is 6.54 Å². The second kappa shape index (κ2) is 4.67. The lowest BCUT2D eigenvalue weighted by atomic mass is 10.3. The van der Waals surface area contributed by atoms with Crippen LogP contribution in [0, 0.1) is 0 Å². The SMILES string of the molecule is CC1=NC/C=C\C=C/C/C=C\1. The molecule has 1 nitrogen and oxygen atoms in total. The molecule has 0 atom stereocenters. The number of rotatable bonds is 0. The van der Waals surface area contributed by atoms with Crippen LogP contribution in [0.4, 0.5) is 0 Å². The minimum absolute atomic E-state index is 0.792. The molecule has 0 aromatic heterocycles. The third-order valence-corrected chi connectivity index (χ3v) is 1.46. The van der Waals surface area contributed by atoms with Crippen molar-refractivity contribution in [3.8, 4) is 0 Å². The molecule has 1 heterocycles. The highest BCUT2D eigenvalue weighted by Gasteiger charge is 1.81. The van der Waals surface area contributed by atoms with E-state index in [4.69, 9.17) is 0 Å². The van der Waals surface area contributed by atoms with Crippen molar-refractivity contribution in [2.45, 2.75) is 13.3 Å². The Morgan fingerprint density at radius 2 is 2.00 bits per heavy atom. The van der Waals surface area contributed by atoms with Gasteiger partial charge in [0.2, 0.25) is 0 Å². The van der Waals surface area contributed by atoms with Crippen molar-refractivity contribution in [1.29, 1.82) is 0 Å². The van der Waals surface area contributed by atoms with Crippen LogP contribution in [0.1, 0.15) is 13.3 Å². The molecule has 0 spiro atoms. The Kier molecular flexibility index (Phi) is 3.39. The van der Waals surface area contributed by atoms with Gasteiger partial charge < -0.3 is 0 Å². The summed E-state index contributed by atoms with van der Waals surface area (Å²) in [6.45, 7) is 2.82. The van der Waals surface area contributed by atoms with Crippen molar-refractivity contribution >= 4 is 5.71 Å². The summed E-state index contributed by atoms with van der Waals surface area (Å²) in [5.74, 6) is 0. The molecule has 58 valence electrons. The number of nitrogens with zero attached hydrogens (tertiary/aromatic N) is 1. The minimum atomic E-state index is 0.792. The van der Waals surface area contributed by atoms with Crippen LogP contribution in [0.2, 0.25) is 0 Å². The van der Waals surface area contributed by atoms with E-state index in [1.807, 2.05) is 13.0 Å². The monoisotopic (exact) mass is 147 g/mol. The van der Waals surface area contributed by atoms with Gasteiger partial charge in [-0.15, -0.1) is 0 Å². The lowest BCUT2D eigenvalue weighted by Crippen LogP contribution is -1.86. The second-order valence-corrected chi connectivity index (χ2v) is 2.48. The summed E-state index contributed by atoms with van der Waals surface area (Å²) in [7, 11) is 0. The Morgan fingerprint density at radius 3 is 2.91 bits per heavy atom. The zero-order valence-electron chi connectivity index (χ0n) is 6.83. The maximum Gasteiger partial charge on any atom is 0.0576 e. The van der Waals surface area contributed by atoms with E-state index in [2.05, 4.69) is 35.4 Å². The van der Waals surface area contributed by atoms with Crippen molar-refractivity contribution in [1.82, 2.24) is 0 Å². The molecular weight excluding hydrogens is 134 g/mol. The van der Waals surface area contributed by atoms with Crippen molar-refractivity contribution in [3.05, 3.63) is 36.5 Å². The molecule has 0 unspecified atom stereocenters. The highest BCUT2D eigenvalue weighted by atomic mass is 14.7. The fraction of sp³-hybridized carbons (Fsp3) is 0.300. The Hall–Kier alpha value is -1.11. The molecular formula is C10H13N. The highest BCUT2D eigenvalue weighted by molar-refractivity contribution is 5.92. The molecule has 11 heavy (non-hydrogen) atoms. The van der Waals surface area contributed by atoms with Crippen LogP contribution in [-0.4, -0.2) is 12.3 Å². The van der Waals surface area contributed by atoms with E-state index in [0.29, 0.717) is 0 Å². The number of allylic oxidation sites excluding steroid dienone is 5. The minimum Gasteiger partial charge on any atom is -0.286 e. The van der Waals surface area contributed by atoms with E-state index in [9.17, 15) is 0 Å². The summed E-state index contributed by atoms with van der Waals surface area (Å²) in [5.41, 5.74) is 1.10. The van der Waals surface area contributed by atoms with Gasteiger partial charge in [0.15, 0.2) is 0 Å². The van der Waals surface area contributed by atoms with E-state index < -0.39 is 0 Å². The fourth-order valence-corrected chi connectivity index (χ4v) is 0.863. The van der Waals surface area contributed by atoms with Gasteiger partial charge in [0, 0.05) is 5.71 Å². The van der Waals surface area contributed by atoms with E-state index in [1.165, 1.54) is 0 Å². The molecule has 0 radical (unpaired) electrons. The molecule has 0 amide bonds. The summed E-state index contributed by atoms with van der Waals surface area (Å²) >= 11 is 0. The van der Waals surface area contributed by atoms with Crippen LogP contribution in [0.3, 0.4) is 0 Å². The third kappa shape index (κ3) is 3.56. The molecule has 1 aliphatic rings. The van der Waals surface area contributed by atoms with Gasteiger partial charge in [0.25, 0.3) is 0 Å². The largest absolute Gasteiger partial charge is 0.286 e. The smallest absolute Gasteiger partial charge is 0.0576 e. The predicted molar refractivity (Wildman–Crippen MR) is 50.0 cm³/mol. The molecule has 0 aromatic carbocycles. The Labute approximate surface area is 67.8 Å². The van der Waals surface area contributed by atoms with Gasteiger partial charge in [-0.25, -0.2) is 0 Å².